The molecule has 1 aromatic heterocycles. The van der Waals surface area contributed by atoms with Gasteiger partial charge < -0.3 is 15.0 Å². The van der Waals surface area contributed by atoms with Crippen molar-refractivity contribution >= 4 is 0 Å². The summed E-state index contributed by atoms with van der Waals surface area (Å²) in [5.74, 6) is 0.638. The van der Waals surface area contributed by atoms with Crippen LogP contribution in [-0.2, 0) is 17.8 Å². The monoisotopic (exact) mass is 181 g/mol. The van der Waals surface area contributed by atoms with E-state index in [9.17, 15) is 0 Å². The molecular formula is C9H15N3O. The average molecular weight is 181 g/mol. The minimum Gasteiger partial charge on any atom is -0.381 e. The second kappa shape index (κ2) is 3.89. The first-order chi connectivity index (χ1) is 6.40. The lowest BCUT2D eigenvalue weighted by Gasteiger charge is -2.10. The Bertz CT molecular complexity index is 266. The van der Waals surface area contributed by atoms with Crippen molar-refractivity contribution < 1.29 is 4.74 Å². The summed E-state index contributed by atoms with van der Waals surface area (Å²) < 4.78 is 7.44. The third kappa shape index (κ3) is 1.89. The molecule has 72 valence electrons. The standard InChI is InChI=1S/C9H15N3O/c10-3-9-4-11-7-12(9)5-8-1-2-13-6-8/h4,7-8H,1-3,5-6,10H2. The quantitative estimate of drug-likeness (QED) is 0.733. The third-order valence-electron chi connectivity index (χ3n) is 2.49. The molecule has 0 bridgehead atoms. The predicted octanol–water partition coefficient (Wildman–Crippen LogP) is 0.378. The van der Waals surface area contributed by atoms with Gasteiger partial charge >= 0.3 is 0 Å². The molecule has 0 saturated carbocycles. The molecule has 1 aliphatic heterocycles. The van der Waals surface area contributed by atoms with Gasteiger partial charge in [-0.25, -0.2) is 4.98 Å². The molecule has 4 nitrogen and oxygen atoms in total. The zero-order chi connectivity index (χ0) is 9.10. The zero-order valence-electron chi connectivity index (χ0n) is 7.65. The van der Waals surface area contributed by atoms with Gasteiger partial charge in [0.05, 0.1) is 18.6 Å². The Morgan fingerprint density at radius 2 is 2.62 bits per heavy atom. The summed E-state index contributed by atoms with van der Waals surface area (Å²) in [4.78, 5) is 4.08. The van der Waals surface area contributed by atoms with Crippen molar-refractivity contribution in [1.29, 1.82) is 0 Å². The number of aromatic nitrogens is 2. The smallest absolute Gasteiger partial charge is 0.0948 e. The summed E-state index contributed by atoms with van der Waals surface area (Å²) in [6, 6.07) is 0. The Kier molecular flexibility index (Phi) is 2.61. The molecule has 1 aromatic rings. The van der Waals surface area contributed by atoms with Gasteiger partial charge in [0, 0.05) is 31.8 Å². The van der Waals surface area contributed by atoms with Gasteiger partial charge in [-0.15, -0.1) is 0 Å². The van der Waals surface area contributed by atoms with E-state index in [1.165, 1.54) is 0 Å². The normalized spacial score (nSPS) is 22.4. The van der Waals surface area contributed by atoms with Crippen LogP contribution in [-0.4, -0.2) is 22.8 Å². The fraction of sp³-hybridized carbons (Fsp3) is 0.667. The summed E-state index contributed by atoms with van der Waals surface area (Å²) in [5.41, 5.74) is 6.68. The molecule has 0 aliphatic carbocycles. The van der Waals surface area contributed by atoms with Crippen molar-refractivity contribution in [3.8, 4) is 0 Å². The molecule has 2 rings (SSSR count). The molecule has 0 amide bonds. The van der Waals surface area contributed by atoms with E-state index in [2.05, 4.69) is 9.55 Å². The summed E-state index contributed by atoms with van der Waals surface area (Å²) in [5, 5.41) is 0. The Morgan fingerprint density at radius 3 is 3.31 bits per heavy atom. The van der Waals surface area contributed by atoms with Crippen LogP contribution in [0.3, 0.4) is 0 Å². The van der Waals surface area contributed by atoms with Crippen molar-refractivity contribution in [2.24, 2.45) is 11.7 Å². The number of ether oxygens (including phenoxy) is 1. The molecule has 1 aliphatic rings. The molecular weight excluding hydrogens is 166 g/mol. The average Bonchev–Trinajstić information content (AvgIpc) is 2.76. The molecule has 2 heterocycles. The summed E-state index contributed by atoms with van der Waals surface area (Å²) >= 11 is 0. The molecule has 0 radical (unpaired) electrons. The molecule has 1 unspecified atom stereocenters. The van der Waals surface area contributed by atoms with Crippen LogP contribution in [0.2, 0.25) is 0 Å². The van der Waals surface area contributed by atoms with Crippen LogP contribution in [0.4, 0.5) is 0 Å². The van der Waals surface area contributed by atoms with Gasteiger partial charge in [0.25, 0.3) is 0 Å². The SMILES string of the molecule is NCc1cncn1CC1CCOC1. The van der Waals surface area contributed by atoms with Gasteiger partial charge in [0.2, 0.25) is 0 Å². The highest BCUT2D eigenvalue weighted by Gasteiger charge is 2.16. The van der Waals surface area contributed by atoms with Crippen LogP contribution in [0.15, 0.2) is 12.5 Å². The second-order valence-corrected chi connectivity index (χ2v) is 3.47. The van der Waals surface area contributed by atoms with Crippen molar-refractivity contribution in [3.63, 3.8) is 0 Å². The van der Waals surface area contributed by atoms with Crippen LogP contribution in [0, 0.1) is 5.92 Å². The van der Waals surface area contributed by atoms with Crippen LogP contribution in [0.25, 0.3) is 0 Å². The largest absolute Gasteiger partial charge is 0.381 e. The second-order valence-electron chi connectivity index (χ2n) is 3.47. The fourth-order valence-electron chi connectivity index (χ4n) is 1.69. The maximum atomic E-state index is 5.58. The first-order valence-electron chi connectivity index (χ1n) is 4.67. The molecule has 1 saturated heterocycles. The highest BCUT2D eigenvalue weighted by Crippen LogP contribution is 2.15. The van der Waals surface area contributed by atoms with E-state index >= 15 is 0 Å². The third-order valence-corrected chi connectivity index (χ3v) is 2.49. The lowest BCUT2D eigenvalue weighted by Crippen LogP contribution is -2.13. The number of nitrogens with two attached hydrogens (primary N) is 1. The van der Waals surface area contributed by atoms with E-state index in [-0.39, 0.29) is 0 Å². The van der Waals surface area contributed by atoms with Crippen LogP contribution in [0.1, 0.15) is 12.1 Å². The van der Waals surface area contributed by atoms with Crippen molar-refractivity contribution in [3.05, 3.63) is 18.2 Å². The molecule has 2 N–H and O–H groups in total. The topological polar surface area (TPSA) is 53.1 Å². The van der Waals surface area contributed by atoms with E-state index in [0.717, 1.165) is 31.9 Å². The van der Waals surface area contributed by atoms with E-state index in [4.69, 9.17) is 10.5 Å². The van der Waals surface area contributed by atoms with E-state index in [1.54, 1.807) is 0 Å². The van der Waals surface area contributed by atoms with Crippen LogP contribution >= 0.6 is 0 Å². The number of nitrogens with zero attached hydrogens (tertiary/aromatic N) is 2. The van der Waals surface area contributed by atoms with Crippen LogP contribution < -0.4 is 5.73 Å². The van der Waals surface area contributed by atoms with Gasteiger partial charge in [-0.3, -0.25) is 0 Å². The first kappa shape index (κ1) is 8.72. The van der Waals surface area contributed by atoms with Crippen molar-refractivity contribution in [1.82, 2.24) is 9.55 Å². The lowest BCUT2D eigenvalue weighted by molar-refractivity contribution is 0.182. The number of hydrogen-bond donors (Lipinski definition) is 1. The Hall–Kier alpha value is -0.870. The summed E-state index contributed by atoms with van der Waals surface area (Å²) in [6.45, 7) is 3.33. The molecule has 13 heavy (non-hydrogen) atoms. The zero-order valence-corrected chi connectivity index (χ0v) is 7.65. The minimum absolute atomic E-state index is 0.563. The fourth-order valence-corrected chi connectivity index (χ4v) is 1.69. The number of imidazole rings is 1. The van der Waals surface area contributed by atoms with Crippen molar-refractivity contribution in [2.75, 3.05) is 13.2 Å². The van der Waals surface area contributed by atoms with Crippen LogP contribution in [0.5, 0.6) is 0 Å². The van der Waals surface area contributed by atoms with Gasteiger partial charge in [0.15, 0.2) is 0 Å². The van der Waals surface area contributed by atoms with Gasteiger partial charge in [-0.2, -0.15) is 0 Å². The highest BCUT2D eigenvalue weighted by molar-refractivity contribution is 4.97. The van der Waals surface area contributed by atoms with Crippen molar-refractivity contribution in [2.45, 2.75) is 19.5 Å². The van der Waals surface area contributed by atoms with Gasteiger partial charge in [-0.1, -0.05) is 0 Å². The van der Waals surface area contributed by atoms with E-state index < -0.39 is 0 Å². The number of hydrogen-bond acceptors (Lipinski definition) is 3. The highest BCUT2D eigenvalue weighted by atomic mass is 16.5. The molecule has 1 fully saturated rings. The molecule has 4 heteroatoms. The maximum Gasteiger partial charge on any atom is 0.0948 e. The van der Waals surface area contributed by atoms with Gasteiger partial charge in [0.1, 0.15) is 0 Å². The minimum atomic E-state index is 0.563. The Morgan fingerprint density at radius 1 is 1.69 bits per heavy atom. The lowest BCUT2D eigenvalue weighted by atomic mass is 10.1. The molecule has 0 spiro atoms. The molecule has 1 atom stereocenters. The Labute approximate surface area is 77.7 Å². The number of rotatable bonds is 3. The van der Waals surface area contributed by atoms with E-state index in [0.29, 0.717) is 12.5 Å². The Balaban J connectivity index is 1.99. The summed E-state index contributed by atoms with van der Waals surface area (Å²) in [7, 11) is 0. The first-order valence-corrected chi connectivity index (χ1v) is 4.67. The predicted molar refractivity (Wildman–Crippen MR) is 49.0 cm³/mol. The van der Waals surface area contributed by atoms with E-state index in [1.807, 2.05) is 12.5 Å². The summed E-state index contributed by atoms with van der Waals surface area (Å²) in [6.07, 6.45) is 4.83. The van der Waals surface area contributed by atoms with Gasteiger partial charge in [-0.05, 0) is 6.42 Å². The molecule has 0 aromatic carbocycles. The maximum absolute atomic E-state index is 5.58.